The Kier molecular flexibility index (Phi) is 2.90. The predicted octanol–water partition coefficient (Wildman–Crippen LogP) is 3.32. The smallest absolute Gasteiger partial charge is 0.273 e. The Balaban J connectivity index is 1.92. The van der Waals surface area contributed by atoms with E-state index >= 15 is 0 Å². The first-order chi connectivity index (χ1) is 8.69. The van der Waals surface area contributed by atoms with Gasteiger partial charge in [0.15, 0.2) is 0 Å². The van der Waals surface area contributed by atoms with Gasteiger partial charge in [0, 0.05) is 29.9 Å². The molecule has 0 radical (unpaired) electrons. The van der Waals surface area contributed by atoms with Gasteiger partial charge < -0.3 is 4.90 Å². The molecule has 1 saturated carbocycles. The Hall–Kier alpha value is -1.29. The average molecular weight is 267 g/mol. The van der Waals surface area contributed by atoms with Gasteiger partial charge in [-0.25, -0.2) is 0 Å². The van der Waals surface area contributed by atoms with Crippen LogP contribution in [0, 0.1) is 16.0 Å². The molecule has 1 saturated heterocycles. The Morgan fingerprint density at radius 2 is 2.28 bits per heavy atom. The lowest BCUT2D eigenvalue weighted by atomic mass is 10.1. The molecular formula is C13H15ClN2O2. The minimum atomic E-state index is -0.363. The summed E-state index contributed by atoms with van der Waals surface area (Å²) in [4.78, 5) is 12.9. The van der Waals surface area contributed by atoms with E-state index in [1.165, 1.54) is 19.3 Å². The van der Waals surface area contributed by atoms with Crippen LogP contribution in [-0.2, 0) is 5.88 Å². The molecule has 1 aliphatic heterocycles. The van der Waals surface area contributed by atoms with E-state index in [0.717, 1.165) is 18.2 Å². The SMILES string of the molecule is O=[N+]([O-])c1ccc(N2CC3CCC2C3)cc1CCl. The van der Waals surface area contributed by atoms with Crippen LogP contribution in [-0.4, -0.2) is 17.5 Å². The van der Waals surface area contributed by atoms with Crippen LogP contribution in [0.3, 0.4) is 0 Å². The van der Waals surface area contributed by atoms with Crippen LogP contribution in [0.5, 0.6) is 0 Å². The lowest BCUT2D eigenvalue weighted by Gasteiger charge is -2.29. The molecule has 1 aromatic rings. The third-order valence-electron chi connectivity index (χ3n) is 4.14. The van der Waals surface area contributed by atoms with E-state index in [1.807, 2.05) is 12.1 Å². The second-order valence-electron chi connectivity index (χ2n) is 5.19. The first-order valence-electron chi connectivity index (χ1n) is 6.29. The number of benzene rings is 1. The molecule has 4 nitrogen and oxygen atoms in total. The Morgan fingerprint density at radius 3 is 2.83 bits per heavy atom. The summed E-state index contributed by atoms with van der Waals surface area (Å²) in [5.41, 5.74) is 1.82. The summed E-state index contributed by atoms with van der Waals surface area (Å²) in [6.07, 6.45) is 3.85. The molecular weight excluding hydrogens is 252 g/mol. The zero-order valence-corrected chi connectivity index (χ0v) is 10.8. The molecule has 18 heavy (non-hydrogen) atoms. The van der Waals surface area contributed by atoms with Crippen molar-refractivity contribution < 1.29 is 4.92 Å². The molecule has 0 aromatic heterocycles. The molecule has 3 rings (SSSR count). The van der Waals surface area contributed by atoms with Gasteiger partial charge in [0.1, 0.15) is 0 Å². The highest BCUT2D eigenvalue weighted by Gasteiger charge is 2.38. The quantitative estimate of drug-likeness (QED) is 0.479. The van der Waals surface area contributed by atoms with Gasteiger partial charge in [0.25, 0.3) is 5.69 Å². The van der Waals surface area contributed by atoms with Gasteiger partial charge >= 0.3 is 0 Å². The zero-order chi connectivity index (χ0) is 12.7. The maximum absolute atomic E-state index is 10.9. The average Bonchev–Trinajstić information content (AvgIpc) is 3.00. The first kappa shape index (κ1) is 11.8. The van der Waals surface area contributed by atoms with Crippen molar-refractivity contribution in [2.45, 2.75) is 31.2 Å². The number of nitrogens with zero attached hydrogens (tertiary/aromatic N) is 2. The van der Waals surface area contributed by atoms with E-state index in [0.29, 0.717) is 11.6 Å². The van der Waals surface area contributed by atoms with Crippen molar-refractivity contribution in [1.82, 2.24) is 0 Å². The van der Waals surface area contributed by atoms with Gasteiger partial charge in [0.05, 0.1) is 10.8 Å². The van der Waals surface area contributed by atoms with Crippen molar-refractivity contribution in [3.8, 4) is 0 Å². The first-order valence-corrected chi connectivity index (χ1v) is 6.82. The molecule has 1 heterocycles. The minimum absolute atomic E-state index is 0.123. The van der Waals surface area contributed by atoms with Crippen LogP contribution >= 0.6 is 11.6 Å². The fourth-order valence-corrected chi connectivity index (χ4v) is 3.49. The van der Waals surface area contributed by atoms with Crippen molar-refractivity contribution in [2.75, 3.05) is 11.4 Å². The summed E-state index contributed by atoms with van der Waals surface area (Å²) in [6, 6.07) is 5.94. The Bertz CT molecular complexity index is 492. The predicted molar refractivity (Wildman–Crippen MR) is 71.1 cm³/mol. The third kappa shape index (κ3) is 1.85. The lowest BCUT2D eigenvalue weighted by molar-refractivity contribution is -0.385. The summed E-state index contributed by atoms with van der Waals surface area (Å²) >= 11 is 5.81. The maximum Gasteiger partial charge on any atom is 0.273 e. The molecule has 2 unspecified atom stereocenters. The van der Waals surface area contributed by atoms with E-state index in [2.05, 4.69) is 4.90 Å². The fourth-order valence-electron chi connectivity index (χ4n) is 3.28. The summed E-state index contributed by atoms with van der Waals surface area (Å²) in [6.45, 7) is 1.09. The number of nitro benzene ring substituents is 1. The highest BCUT2D eigenvalue weighted by molar-refractivity contribution is 6.17. The number of halogens is 1. The van der Waals surface area contributed by atoms with Gasteiger partial charge in [-0.1, -0.05) is 0 Å². The second kappa shape index (κ2) is 4.43. The Labute approximate surface area is 111 Å². The lowest BCUT2D eigenvalue weighted by Crippen LogP contribution is -2.31. The van der Waals surface area contributed by atoms with Crippen LogP contribution < -0.4 is 4.90 Å². The molecule has 1 aromatic carbocycles. The van der Waals surface area contributed by atoms with Crippen LogP contribution in [0.4, 0.5) is 11.4 Å². The standard InChI is InChI=1S/C13H15ClN2O2/c14-7-10-6-12(3-4-13(10)16(17)18)15-8-9-1-2-11(15)5-9/h3-4,6,9,11H,1-2,5,7-8H2. The number of anilines is 1. The van der Waals surface area contributed by atoms with Gasteiger partial charge in [-0.3, -0.25) is 10.1 Å². The largest absolute Gasteiger partial charge is 0.368 e. The van der Waals surface area contributed by atoms with Crippen LogP contribution in [0.2, 0.25) is 0 Å². The molecule has 96 valence electrons. The molecule has 1 aliphatic carbocycles. The normalized spacial score (nSPS) is 25.7. The monoisotopic (exact) mass is 266 g/mol. The fraction of sp³-hybridized carbons (Fsp3) is 0.538. The van der Waals surface area contributed by atoms with Gasteiger partial charge in [0.2, 0.25) is 0 Å². The summed E-state index contributed by atoms with van der Waals surface area (Å²) in [7, 11) is 0. The number of fused-ring (bicyclic) bond motifs is 2. The molecule has 0 N–H and O–H groups in total. The summed E-state index contributed by atoms with van der Waals surface area (Å²) < 4.78 is 0. The topological polar surface area (TPSA) is 46.4 Å². The van der Waals surface area contributed by atoms with E-state index in [9.17, 15) is 10.1 Å². The molecule has 2 fully saturated rings. The van der Waals surface area contributed by atoms with Crippen molar-refractivity contribution in [3.63, 3.8) is 0 Å². The Morgan fingerprint density at radius 1 is 1.44 bits per heavy atom. The van der Waals surface area contributed by atoms with Crippen molar-refractivity contribution >= 4 is 23.0 Å². The number of hydrogen-bond donors (Lipinski definition) is 0. The van der Waals surface area contributed by atoms with E-state index in [-0.39, 0.29) is 16.5 Å². The van der Waals surface area contributed by atoms with Crippen LogP contribution in [0.15, 0.2) is 18.2 Å². The third-order valence-corrected chi connectivity index (χ3v) is 4.43. The zero-order valence-electron chi connectivity index (χ0n) is 10.0. The van der Waals surface area contributed by atoms with Crippen LogP contribution in [0.1, 0.15) is 24.8 Å². The van der Waals surface area contributed by atoms with Crippen molar-refractivity contribution in [2.24, 2.45) is 5.92 Å². The maximum atomic E-state index is 10.9. The number of rotatable bonds is 3. The van der Waals surface area contributed by atoms with Crippen molar-refractivity contribution in [1.29, 1.82) is 0 Å². The minimum Gasteiger partial charge on any atom is -0.368 e. The van der Waals surface area contributed by atoms with E-state index < -0.39 is 0 Å². The second-order valence-corrected chi connectivity index (χ2v) is 5.46. The number of hydrogen-bond acceptors (Lipinski definition) is 3. The molecule has 2 bridgehead atoms. The highest BCUT2D eigenvalue weighted by atomic mass is 35.5. The number of piperidine rings is 1. The van der Waals surface area contributed by atoms with Crippen molar-refractivity contribution in [3.05, 3.63) is 33.9 Å². The van der Waals surface area contributed by atoms with E-state index in [1.54, 1.807) is 6.07 Å². The number of alkyl halides is 1. The molecule has 0 spiro atoms. The van der Waals surface area contributed by atoms with Gasteiger partial charge in [-0.05, 0) is 37.3 Å². The molecule has 2 atom stereocenters. The summed E-state index contributed by atoms with van der Waals surface area (Å²) in [5.74, 6) is 0.996. The highest BCUT2D eigenvalue weighted by Crippen LogP contribution is 2.41. The summed E-state index contributed by atoms with van der Waals surface area (Å²) in [5, 5.41) is 10.9. The molecule has 0 amide bonds. The van der Waals surface area contributed by atoms with Gasteiger partial charge in [-0.2, -0.15) is 0 Å². The van der Waals surface area contributed by atoms with Gasteiger partial charge in [-0.15, -0.1) is 11.6 Å². The molecule has 5 heteroatoms. The van der Waals surface area contributed by atoms with E-state index in [4.69, 9.17) is 11.6 Å². The molecule has 2 aliphatic rings. The van der Waals surface area contributed by atoms with Crippen LogP contribution in [0.25, 0.3) is 0 Å². The number of nitro groups is 1.